The smallest absolute Gasteiger partial charge is 0.282 e. The number of fused-ring (bicyclic) bond motifs is 2. The van der Waals surface area contributed by atoms with Gasteiger partial charge >= 0.3 is 11.2 Å². The molecule has 6 aromatic rings. The van der Waals surface area contributed by atoms with Crippen molar-refractivity contribution < 1.29 is 30.4 Å². The Morgan fingerprint density at radius 1 is 0.565 bits per heavy atom. The summed E-state index contributed by atoms with van der Waals surface area (Å²) < 4.78 is 74.8. The molecule has 0 aliphatic rings. The molecule has 0 bridgehead atoms. The van der Waals surface area contributed by atoms with Gasteiger partial charge in [-0.15, -0.1) is 0 Å². The Hall–Kier alpha value is -4.41. The molecule has 46 heavy (non-hydrogen) atoms. The summed E-state index contributed by atoms with van der Waals surface area (Å²) in [5, 5.41) is 1.37. The van der Waals surface area contributed by atoms with Crippen LogP contribution >= 0.6 is 0 Å². The summed E-state index contributed by atoms with van der Waals surface area (Å²) in [5.74, 6) is 0. The van der Waals surface area contributed by atoms with Gasteiger partial charge in [0.15, 0.2) is 0 Å². The highest BCUT2D eigenvalue weighted by molar-refractivity contribution is 7.86. The fraction of sp³-hybridized carbons (Fsp3) is 0.162. The van der Waals surface area contributed by atoms with Gasteiger partial charge < -0.3 is 0 Å². The molecular formula is C37H33O7S2+. The summed E-state index contributed by atoms with van der Waals surface area (Å²) in [6, 6.07) is 27.2. The van der Waals surface area contributed by atoms with Crippen molar-refractivity contribution in [1.82, 2.24) is 0 Å². The van der Waals surface area contributed by atoms with Crippen LogP contribution in [0.25, 0.3) is 33.1 Å². The van der Waals surface area contributed by atoms with Crippen molar-refractivity contribution in [3.8, 4) is 11.1 Å². The van der Waals surface area contributed by atoms with E-state index < -0.39 is 20.2 Å². The van der Waals surface area contributed by atoms with Crippen molar-refractivity contribution in [2.75, 3.05) is 0 Å². The van der Waals surface area contributed by atoms with E-state index in [0.717, 1.165) is 27.8 Å². The van der Waals surface area contributed by atoms with Crippen LogP contribution in [0.2, 0.25) is 0 Å². The van der Waals surface area contributed by atoms with Crippen LogP contribution in [0.1, 0.15) is 44.5 Å². The molecule has 0 fully saturated rings. The summed E-state index contributed by atoms with van der Waals surface area (Å²) in [4.78, 5) is -0.345. The molecule has 1 aromatic heterocycles. The molecule has 0 saturated heterocycles. The average Bonchev–Trinajstić information content (AvgIpc) is 2.98. The van der Waals surface area contributed by atoms with Gasteiger partial charge in [-0.25, -0.2) is 4.42 Å². The van der Waals surface area contributed by atoms with Crippen molar-refractivity contribution in [1.29, 1.82) is 0 Å². The van der Waals surface area contributed by atoms with Gasteiger partial charge in [-0.2, -0.15) is 16.8 Å². The van der Waals surface area contributed by atoms with Gasteiger partial charge in [0.25, 0.3) is 20.2 Å². The van der Waals surface area contributed by atoms with E-state index in [0.29, 0.717) is 45.9 Å². The topological polar surface area (TPSA) is 120 Å². The monoisotopic (exact) mass is 653 g/mol. The van der Waals surface area contributed by atoms with Crippen molar-refractivity contribution in [3.05, 3.63) is 136 Å². The molecule has 9 heteroatoms. The Morgan fingerprint density at radius 2 is 1.07 bits per heavy atom. The van der Waals surface area contributed by atoms with E-state index in [1.54, 1.807) is 32.0 Å². The lowest BCUT2D eigenvalue weighted by molar-refractivity contribution is 0.481. The Morgan fingerprint density at radius 3 is 1.57 bits per heavy atom. The van der Waals surface area contributed by atoms with Crippen LogP contribution in [-0.4, -0.2) is 25.9 Å². The lowest BCUT2D eigenvalue weighted by Gasteiger charge is -2.13. The highest BCUT2D eigenvalue weighted by atomic mass is 32.2. The molecule has 6 rings (SSSR count). The second-order valence-corrected chi connectivity index (χ2v) is 14.7. The predicted octanol–water partition coefficient (Wildman–Crippen LogP) is 8.44. The highest BCUT2D eigenvalue weighted by Gasteiger charge is 2.26. The minimum atomic E-state index is -4.54. The van der Waals surface area contributed by atoms with E-state index in [-0.39, 0.29) is 9.79 Å². The molecule has 0 amide bonds. The van der Waals surface area contributed by atoms with Crippen molar-refractivity contribution >= 4 is 42.2 Å². The third-order valence-corrected chi connectivity index (χ3v) is 10.4. The molecule has 0 aliphatic heterocycles. The minimum Gasteiger partial charge on any atom is -0.282 e. The summed E-state index contributed by atoms with van der Waals surface area (Å²) in [5.41, 5.74) is 9.98. The van der Waals surface area contributed by atoms with Crippen LogP contribution in [0, 0.1) is 27.7 Å². The van der Waals surface area contributed by atoms with E-state index >= 15 is 0 Å². The van der Waals surface area contributed by atoms with Gasteiger partial charge in [-0.3, -0.25) is 9.11 Å². The van der Waals surface area contributed by atoms with Crippen molar-refractivity contribution in [3.63, 3.8) is 0 Å². The van der Waals surface area contributed by atoms with Crippen LogP contribution < -0.4 is 0 Å². The second kappa shape index (κ2) is 11.7. The van der Waals surface area contributed by atoms with Crippen LogP contribution in [0.4, 0.5) is 0 Å². The molecule has 2 N–H and O–H groups in total. The minimum absolute atomic E-state index is 0.148. The van der Waals surface area contributed by atoms with Gasteiger partial charge in [0.05, 0.1) is 15.7 Å². The first-order valence-corrected chi connectivity index (χ1v) is 17.6. The molecule has 0 aliphatic carbocycles. The fourth-order valence-electron chi connectivity index (χ4n) is 6.30. The number of hydrogen-bond donors (Lipinski definition) is 2. The van der Waals surface area contributed by atoms with Gasteiger partial charge in [-0.1, -0.05) is 48.5 Å². The summed E-state index contributed by atoms with van der Waals surface area (Å²) in [6.07, 6.45) is 1.16. The van der Waals surface area contributed by atoms with Crippen LogP contribution in [0.5, 0.6) is 0 Å². The molecule has 0 radical (unpaired) electrons. The maximum Gasteiger partial charge on any atom is 0.361 e. The van der Waals surface area contributed by atoms with Gasteiger partial charge in [-0.05, 0) is 115 Å². The largest absolute Gasteiger partial charge is 0.361 e. The zero-order valence-corrected chi connectivity index (χ0v) is 27.5. The van der Waals surface area contributed by atoms with E-state index in [9.17, 15) is 25.9 Å². The number of rotatable bonds is 7. The summed E-state index contributed by atoms with van der Waals surface area (Å²) in [7, 11) is -8.88. The molecule has 0 spiro atoms. The summed E-state index contributed by atoms with van der Waals surface area (Å²) >= 11 is 0. The van der Waals surface area contributed by atoms with Crippen LogP contribution in [-0.2, 0) is 33.1 Å². The molecule has 1 heterocycles. The van der Waals surface area contributed by atoms with E-state index in [1.165, 1.54) is 34.9 Å². The fourth-order valence-corrected chi connectivity index (χ4v) is 7.65. The van der Waals surface area contributed by atoms with Crippen LogP contribution in [0.3, 0.4) is 0 Å². The zero-order chi connectivity index (χ0) is 33.0. The predicted molar refractivity (Wildman–Crippen MR) is 181 cm³/mol. The van der Waals surface area contributed by atoms with Crippen molar-refractivity contribution in [2.45, 2.75) is 50.3 Å². The third-order valence-electron chi connectivity index (χ3n) is 8.66. The Kier molecular flexibility index (Phi) is 8.06. The third kappa shape index (κ3) is 6.07. The summed E-state index contributed by atoms with van der Waals surface area (Å²) in [6.45, 7) is 7.79. The second-order valence-electron chi connectivity index (χ2n) is 11.8. The first kappa shape index (κ1) is 31.6. The normalized spacial score (nSPS) is 12.2. The molecule has 234 valence electrons. The first-order valence-electron chi connectivity index (χ1n) is 14.7. The van der Waals surface area contributed by atoms with Crippen LogP contribution in [0.15, 0.2) is 105 Å². The molecule has 5 aromatic carbocycles. The van der Waals surface area contributed by atoms with E-state index in [2.05, 4.69) is 26.0 Å². The van der Waals surface area contributed by atoms with E-state index in [1.807, 2.05) is 42.5 Å². The van der Waals surface area contributed by atoms with E-state index in [4.69, 9.17) is 4.42 Å². The quantitative estimate of drug-likeness (QED) is 0.101. The molecular weight excluding hydrogens is 621 g/mol. The maximum atomic E-state index is 12.5. The average molecular weight is 654 g/mol. The number of hydrogen-bond acceptors (Lipinski definition) is 4. The maximum absolute atomic E-state index is 12.5. The SMILES string of the molecule is Cc1cccc(C)c1Cc1ccc2c(-c3ccccc3S(=O)(=O)O)c3ccc(Cc4c(C)cc(S(=O)(=O)O)cc4C)cc3[o+]c2c1. The zero-order valence-electron chi connectivity index (χ0n) is 25.8. The standard InChI is InChI=1S/C37H32O7S2/c1-22-8-7-9-23(2)32(22)18-26-12-14-29-34(20-26)44-35-21-27(19-33-24(3)16-28(17-25(33)4)45(38,39)40)13-15-30(35)37(29)31-10-5-6-11-36(31)46(41,42)43/h5-17,20-21H,18-19H2,1-4H3,(H-,38,39,40,41,42,43)/p+1. The lowest BCUT2D eigenvalue weighted by Crippen LogP contribution is -2.03. The lowest BCUT2D eigenvalue weighted by atomic mass is 9.92. The Balaban J connectivity index is 1.56. The number of benzene rings is 5. The molecule has 7 nitrogen and oxygen atoms in total. The number of aryl methyl sites for hydroxylation is 4. The molecule has 0 unspecified atom stereocenters. The molecule has 0 atom stereocenters. The van der Waals surface area contributed by atoms with Gasteiger partial charge in [0, 0.05) is 23.3 Å². The van der Waals surface area contributed by atoms with Gasteiger partial charge in [0.2, 0.25) is 0 Å². The highest BCUT2D eigenvalue weighted by Crippen LogP contribution is 2.40. The molecule has 0 saturated carbocycles. The Bertz CT molecular complexity index is 2370. The first-order chi connectivity index (χ1) is 21.7. The van der Waals surface area contributed by atoms with Crippen molar-refractivity contribution in [2.24, 2.45) is 0 Å². The van der Waals surface area contributed by atoms with Gasteiger partial charge in [0.1, 0.15) is 4.90 Å². The Labute approximate surface area is 268 Å².